The number of hydrogen-bond acceptors (Lipinski definition) is 2. The van der Waals surface area contributed by atoms with Gasteiger partial charge in [-0.2, -0.15) is 0 Å². The SMILES string of the molecule is CC.CC1CCC(c2ccc(C3=CNC(C)N=C3)cc2)CC1. The fraction of sp³-hybridized carbons (Fsp3) is 0.550. The molecule has 3 rings (SSSR count). The van der Waals surface area contributed by atoms with E-state index in [1.165, 1.54) is 42.4 Å². The van der Waals surface area contributed by atoms with Gasteiger partial charge in [-0.25, -0.2) is 0 Å². The monoisotopic (exact) mass is 298 g/mol. The van der Waals surface area contributed by atoms with Gasteiger partial charge in [-0.05, 0) is 42.7 Å². The summed E-state index contributed by atoms with van der Waals surface area (Å²) in [5, 5.41) is 3.25. The Balaban J connectivity index is 0.000000847. The molecule has 2 aliphatic rings. The lowest BCUT2D eigenvalue weighted by Gasteiger charge is -2.26. The van der Waals surface area contributed by atoms with Crippen LogP contribution in [0.25, 0.3) is 5.57 Å². The maximum Gasteiger partial charge on any atom is 0.115 e. The highest BCUT2D eigenvalue weighted by molar-refractivity contribution is 6.10. The summed E-state index contributed by atoms with van der Waals surface area (Å²) < 4.78 is 0. The molecule has 1 aliphatic carbocycles. The van der Waals surface area contributed by atoms with E-state index in [4.69, 9.17) is 0 Å². The molecule has 1 N–H and O–H groups in total. The Hall–Kier alpha value is -1.57. The Morgan fingerprint density at radius 2 is 1.59 bits per heavy atom. The highest BCUT2D eigenvalue weighted by Gasteiger charge is 2.19. The van der Waals surface area contributed by atoms with Gasteiger partial charge in [-0.3, -0.25) is 4.99 Å². The van der Waals surface area contributed by atoms with E-state index in [9.17, 15) is 0 Å². The van der Waals surface area contributed by atoms with E-state index >= 15 is 0 Å². The van der Waals surface area contributed by atoms with Crippen LogP contribution in [0.1, 0.15) is 70.4 Å². The lowest BCUT2D eigenvalue weighted by atomic mass is 9.79. The average Bonchev–Trinajstić information content (AvgIpc) is 2.58. The van der Waals surface area contributed by atoms with Crippen LogP contribution in [-0.4, -0.2) is 12.4 Å². The summed E-state index contributed by atoms with van der Waals surface area (Å²) in [5.41, 5.74) is 3.93. The van der Waals surface area contributed by atoms with Crippen molar-refractivity contribution >= 4 is 11.8 Å². The quantitative estimate of drug-likeness (QED) is 0.780. The number of benzene rings is 1. The Morgan fingerprint density at radius 1 is 0.955 bits per heavy atom. The Morgan fingerprint density at radius 3 is 2.14 bits per heavy atom. The van der Waals surface area contributed by atoms with Gasteiger partial charge in [0.2, 0.25) is 0 Å². The van der Waals surface area contributed by atoms with Gasteiger partial charge < -0.3 is 5.32 Å². The molecule has 120 valence electrons. The van der Waals surface area contributed by atoms with Crippen molar-refractivity contribution in [2.45, 2.75) is 65.5 Å². The smallest absolute Gasteiger partial charge is 0.115 e. The Kier molecular flexibility index (Phi) is 6.23. The molecule has 1 unspecified atom stereocenters. The second kappa shape index (κ2) is 8.17. The first kappa shape index (κ1) is 16.8. The normalized spacial score (nSPS) is 27.3. The molecule has 0 bridgehead atoms. The van der Waals surface area contributed by atoms with Crippen molar-refractivity contribution in [3.05, 3.63) is 41.6 Å². The van der Waals surface area contributed by atoms with E-state index in [0.717, 1.165) is 11.8 Å². The summed E-state index contributed by atoms with van der Waals surface area (Å²) in [6, 6.07) is 9.09. The summed E-state index contributed by atoms with van der Waals surface area (Å²) >= 11 is 0. The third-order valence-electron chi connectivity index (χ3n) is 4.65. The van der Waals surface area contributed by atoms with E-state index in [2.05, 4.69) is 54.6 Å². The molecule has 2 heteroatoms. The molecule has 1 atom stereocenters. The largest absolute Gasteiger partial charge is 0.369 e. The first-order chi connectivity index (χ1) is 10.7. The third-order valence-corrected chi connectivity index (χ3v) is 4.65. The molecule has 0 amide bonds. The van der Waals surface area contributed by atoms with Crippen LogP contribution in [0, 0.1) is 5.92 Å². The second-order valence-corrected chi connectivity index (χ2v) is 6.30. The third kappa shape index (κ3) is 4.22. The minimum atomic E-state index is 0.197. The summed E-state index contributed by atoms with van der Waals surface area (Å²) in [7, 11) is 0. The Labute approximate surface area is 135 Å². The fourth-order valence-electron chi connectivity index (χ4n) is 3.18. The highest BCUT2D eigenvalue weighted by Crippen LogP contribution is 2.35. The van der Waals surface area contributed by atoms with Crippen molar-refractivity contribution in [2.75, 3.05) is 0 Å². The summed E-state index contributed by atoms with van der Waals surface area (Å²) in [5.74, 6) is 1.69. The first-order valence-corrected chi connectivity index (χ1v) is 8.82. The second-order valence-electron chi connectivity index (χ2n) is 6.30. The van der Waals surface area contributed by atoms with Crippen molar-refractivity contribution in [3.8, 4) is 0 Å². The molecule has 1 aromatic carbocycles. The van der Waals surface area contributed by atoms with E-state index in [-0.39, 0.29) is 6.17 Å². The van der Waals surface area contributed by atoms with Crippen LogP contribution in [0.5, 0.6) is 0 Å². The van der Waals surface area contributed by atoms with Crippen LogP contribution in [-0.2, 0) is 0 Å². The van der Waals surface area contributed by atoms with Crippen LogP contribution in [0.4, 0.5) is 0 Å². The zero-order valence-electron chi connectivity index (χ0n) is 14.5. The highest BCUT2D eigenvalue weighted by atomic mass is 15.1. The standard InChI is InChI=1S/C18H24N2.C2H6/c1-13-3-5-15(6-4-13)16-7-9-17(10-8-16)18-11-19-14(2)20-12-18;1-2/h7-15,19H,3-6H2,1-2H3;1-2H3. The van der Waals surface area contributed by atoms with E-state index < -0.39 is 0 Å². The average molecular weight is 298 g/mol. The predicted molar refractivity (Wildman–Crippen MR) is 97.2 cm³/mol. The number of nitrogens with one attached hydrogen (secondary N) is 1. The molecule has 0 saturated heterocycles. The molecule has 0 spiro atoms. The van der Waals surface area contributed by atoms with Crippen LogP contribution in [0.15, 0.2) is 35.5 Å². The van der Waals surface area contributed by atoms with Gasteiger partial charge in [0.1, 0.15) is 6.17 Å². The molecule has 1 heterocycles. The van der Waals surface area contributed by atoms with Crippen LogP contribution in [0.3, 0.4) is 0 Å². The van der Waals surface area contributed by atoms with Crippen LogP contribution < -0.4 is 5.32 Å². The zero-order valence-corrected chi connectivity index (χ0v) is 14.5. The number of rotatable bonds is 2. The lowest BCUT2D eigenvalue weighted by Crippen LogP contribution is -2.21. The summed E-state index contributed by atoms with van der Waals surface area (Å²) in [6.45, 7) is 8.43. The van der Waals surface area contributed by atoms with E-state index in [0.29, 0.717) is 0 Å². The van der Waals surface area contributed by atoms with Gasteiger partial charge in [0.25, 0.3) is 0 Å². The van der Waals surface area contributed by atoms with Crippen molar-refractivity contribution in [1.82, 2.24) is 5.32 Å². The van der Waals surface area contributed by atoms with Gasteiger partial charge in [-0.1, -0.05) is 57.9 Å². The minimum absolute atomic E-state index is 0.197. The summed E-state index contributed by atoms with van der Waals surface area (Å²) in [6.07, 6.45) is 9.70. The van der Waals surface area contributed by atoms with Crippen LogP contribution >= 0.6 is 0 Å². The van der Waals surface area contributed by atoms with Gasteiger partial charge in [0.15, 0.2) is 0 Å². The van der Waals surface area contributed by atoms with Crippen molar-refractivity contribution < 1.29 is 0 Å². The van der Waals surface area contributed by atoms with Crippen molar-refractivity contribution in [2.24, 2.45) is 10.9 Å². The molecular weight excluding hydrogens is 268 g/mol. The topological polar surface area (TPSA) is 24.4 Å². The molecule has 2 nitrogen and oxygen atoms in total. The number of nitrogens with zero attached hydrogens (tertiary/aromatic N) is 1. The molecule has 0 aromatic heterocycles. The van der Waals surface area contributed by atoms with Gasteiger partial charge in [0, 0.05) is 18.0 Å². The van der Waals surface area contributed by atoms with Crippen molar-refractivity contribution in [3.63, 3.8) is 0 Å². The molecular formula is C20H30N2. The molecule has 1 fully saturated rings. The molecule has 1 aromatic rings. The van der Waals surface area contributed by atoms with E-state index in [1.54, 1.807) is 0 Å². The van der Waals surface area contributed by atoms with Gasteiger partial charge in [0.05, 0.1) is 0 Å². The lowest BCUT2D eigenvalue weighted by molar-refractivity contribution is 0.348. The fourth-order valence-corrected chi connectivity index (χ4v) is 3.18. The van der Waals surface area contributed by atoms with Crippen molar-refractivity contribution in [1.29, 1.82) is 0 Å². The van der Waals surface area contributed by atoms with Crippen LogP contribution in [0.2, 0.25) is 0 Å². The maximum atomic E-state index is 4.40. The number of hydrogen-bond donors (Lipinski definition) is 1. The predicted octanol–water partition coefficient (Wildman–Crippen LogP) is 5.37. The maximum absolute atomic E-state index is 4.40. The zero-order chi connectivity index (χ0) is 15.9. The summed E-state index contributed by atoms with van der Waals surface area (Å²) in [4.78, 5) is 4.40. The molecule has 0 radical (unpaired) electrons. The molecule has 1 saturated carbocycles. The Bertz CT molecular complexity index is 505. The van der Waals surface area contributed by atoms with E-state index in [1.807, 2.05) is 20.1 Å². The molecule has 22 heavy (non-hydrogen) atoms. The first-order valence-electron chi connectivity index (χ1n) is 8.82. The number of allylic oxidation sites excluding steroid dienone is 1. The number of aliphatic imine (C=N–C) groups is 1. The van der Waals surface area contributed by atoms with Gasteiger partial charge in [-0.15, -0.1) is 0 Å². The molecule has 1 aliphatic heterocycles. The van der Waals surface area contributed by atoms with Gasteiger partial charge >= 0.3 is 0 Å². The minimum Gasteiger partial charge on any atom is -0.369 e.